The van der Waals surface area contributed by atoms with Gasteiger partial charge in [0.2, 0.25) is 5.76 Å². The van der Waals surface area contributed by atoms with Crippen LogP contribution in [-0.2, 0) is 20.8 Å². The van der Waals surface area contributed by atoms with Gasteiger partial charge in [0, 0.05) is 14.7 Å². The highest BCUT2D eigenvalue weighted by Crippen LogP contribution is 2.19. The van der Waals surface area contributed by atoms with Crippen LogP contribution >= 0.6 is 27.3 Å². The van der Waals surface area contributed by atoms with E-state index in [0.29, 0.717) is 19.8 Å². The summed E-state index contributed by atoms with van der Waals surface area (Å²) in [6, 6.07) is 1.97. The summed E-state index contributed by atoms with van der Waals surface area (Å²) in [6.45, 7) is 1.41. The highest BCUT2D eigenvalue weighted by atomic mass is 79.9. The fourth-order valence-corrected chi connectivity index (χ4v) is 2.58. The van der Waals surface area contributed by atoms with Crippen molar-refractivity contribution in [1.82, 2.24) is 5.32 Å². The van der Waals surface area contributed by atoms with Crippen LogP contribution in [0, 0.1) is 0 Å². The largest absolute Gasteiger partial charge is 0.494 e. The predicted octanol–water partition coefficient (Wildman–Crippen LogP) is 2.01. The zero-order chi connectivity index (χ0) is 11.4. The van der Waals surface area contributed by atoms with E-state index in [1.165, 1.54) is 6.26 Å². The maximum Gasteiger partial charge on any atom is 0.289 e. The lowest BCUT2D eigenvalue weighted by Gasteiger charge is -2.14. The molecule has 1 N–H and O–H groups in total. The number of ether oxygens (including phenoxy) is 2. The molecule has 0 saturated heterocycles. The Hall–Kier alpha value is -1.01. The van der Waals surface area contributed by atoms with Crippen molar-refractivity contribution in [3.63, 3.8) is 0 Å². The molecular weight excluding hydrogens is 294 g/mol. The summed E-state index contributed by atoms with van der Waals surface area (Å²) in [5, 5.41) is 4.73. The van der Waals surface area contributed by atoms with Gasteiger partial charge in [-0.25, -0.2) is 0 Å². The molecule has 4 nitrogen and oxygen atoms in total. The number of amides is 1. The molecule has 0 bridgehead atoms. The van der Waals surface area contributed by atoms with E-state index >= 15 is 0 Å². The lowest BCUT2D eigenvalue weighted by Crippen LogP contribution is -2.27. The van der Waals surface area contributed by atoms with Gasteiger partial charge in [-0.05, 0) is 22.0 Å². The maximum absolute atomic E-state index is 11.6. The van der Waals surface area contributed by atoms with E-state index in [4.69, 9.17) is 9.47 Å². The monoisotopic (exact) mass is 303 g/mol. The number of hydrogen-bond acceptors (Lipinski definition) is 4. The minimum atomic E-state index is -0.246. The first kappa shape index (κ1) is 11.5. The van der Waals surface area contributed by atoms with Crippen molar-refractivity contribution < 1.29 is 14.3 Å². The quantitative estimate of drug-likeness (QED) is 0.929. The smallest absolute Gasteiger partial charge is 0.289 e. The number of hydrogen-bond donors (Lipinski definition) is 1. The van der Waals surface area contributed by atoms with Gasteiger partial charge < -0.3 is 14.8 Å². The minimum Gasteiger partial charge on any atom is -0.494 e. The van der Waals surface area contributed by atoms with Gasteiger partial charge >= 0.3 is 0 Å². The Morgan fingerprint density at radius 1 is 1.56 bits per heavy atom. The molecule has 1 aliphatic rings. The molecule has 1 aliphatic heterocycles. The van der Waals surface area contributed by atoms with Crippen molar-refractivity contribution in [3.8, 4) is 0 Å². The molecule has 0 unspecified atom stereocenters. The van der Waals surface area contributed by atoms with E-state index in [-0.39, 0.29) is 11.7 Å². The van der Waals surface area contributed by atoms with Crippen molar-refractivity contribution in [2.45, 2.75) is 6.54 Å². The topological polar surface area (TPSA) is 47.6 Å². The zero-order valence-electron chi connectivity index (χ0n) is 8.36. The van der Waals surface area contributed by atoms with Gasteiger partial charge in [0.15, 0.2) is 0 Å². The molecule has 16 heavy (non-hydrogen) atoms. The fraction of sp³-hybridized carbons (Fsp3) is 0.300. The third-order valence-electron chi connectivity index (χ3n) is 1.92. The van der Waals surface area contributed by atoms with Gasteiger partial charge in [-0.1, -0.05) is 0 Å². The Labute approximate surface area is 105 Å². The van der Waals surface area contributed by atoms with Crippen LogP contribution in [0.4, 0.5) is 0 Å². The predicted molar refractivity (Wildman–Crippen MR) is 63.9 cm³/mol. The van der Waals surface area contributed by atoms with Crippen LogP contribution < -0.4 is 5.32 Å². The van der Waals surface area contributed by atoms with Crippen molar-refractivity contribution in [2.75, 3.05) is 13.2 Å². The summed E-state index contributed by atoms with van der Waals surface area (Å²) in [4.78, 5) is 12.7. The van der Waals surface area contributed by atoms with E-state index < -0.39 is 0 Å². The van der Waals surface area contributed by atoms with Crippen molar-refractivity contribution in [2.24, 2.45) is 0 Å². The molecule has 0 aliphatic carbocycles. The van der Waals surface area contributed by atoms with Gasteiger partial charge in [-0.2, -0.15) is 0 Å². The Morgan fingerprint density at radius 3 is 3.06 bits per heavy atom. The molecule has 0 radical (unpaired) electrons. The van der Waals surface area contributed by atoms with Crippen LogP contribution in [0.15, 0.2) is 27.9 Å². The van der Waals surface area contributed by atoms with Crippen LogP contribution in [0.25, 0.3) is 0 Å². The average Bonchev–Trinajstić information content (AvgIpc) is 2.73. The standard InChI is InChI=1S/C10H10BrNO3S/c11-7-3-8(16-6-7)4-12-10(13)9-5-14-1-2-15-9/h3,5-6H,1-2,4H2,(H,12,13). The lowest BCUT2D eigenvalue weighted by molar-refractivity contribution is -0.122. The number of rotatable bonds is 3. The summed E-state index contributed by atoms with van der Waals surface area (Å²) in [7, 11) is 0. The second-order valence-electron chi connectivity index (χ2n) is 3.12. The fourth-order valence-electron chi connectivity index (χ4n) is 1.19. The lowest BCUT2D eigenvalue weighted by atomic mass is 10.4. The van der Waals surface area contributed by atoms with Crippen molar-refractivity contribution in [3.05, 3.63) is 32.8 Å². The molecule has 0 saturated carbocycles. The molecule has 1 aromatic rings. The van der Waals surface area contributed by atoms with E-state index in [9.17, 15) is 4.79 Å². The van der Waals surface area contributed by atoms with E-state index in [1.54, 1.807) is 11.3 Å². The van der Waals surface area contributed by atoms with Gasteiger partial charge in [-0.3, -0.25) is 4.79 Å². The zero-order valence-corrected chi connectivity index (χ0v) is 10.8. The summed E-state index contributed by atoms with van der Waals surface area (Å²) >= 11 is 4.94. The average molecular weight is 304 g/mol. The van der Waals surface area contributed by atoms with Crippen LogP contribution in [0.2, 0.25) is 0 Å². The summed E-state index contributed by atoms with van der Waals surface area (Å²) < 4.78 is 11.2. The Morgan fingerprint density at radius 2 is 2.44 bits per heavy atom. The highest BCUT2D eigenvalue weighted by molar-refractivity contribution is 9.10. The van der Waals surface area contributed by atoms with Crippen LogP contribution in [0.5, 0.6) is 0 Å². The molecule has 1 aromatic heterocycles. The molecule has 0 fully saturated rings. The number of thiophene rings is 1. The summed E-state index contributed by atoms with van der Waals surface area (Å²) in [5.41, 5.74) is 0. The first-order valence-electron chi connectivity index (χ1n) is 4.71. The number of halogens is 1. The third kappa shape index (κ3) is 2.99. The Kier molecular flexibility index (Phi) is 3.84. The molecule has 86 valence electrons. The molecular formula is C10H10BrNO3S. The second-order valence-corrected chi connectivity index (χ2v) is 5.03. The maximum atomic E-state index is 11.6. The first-order chi connectivity index (χ1) is 7.75. The van der Waals surface area contributed by atoms with Crippen molar-refractivity contribution >= 4 is 33.2 Å². The molecule has 0 spiro atoms. The van der Waals surface area contributed by atoms with E-state index in [0.717, 1.165) is 9.35 Å². The molecule has 6 heteroatoms. The molecule has 1 amide bonds. The Balaban J connectivity index is 1.86. The van der Waals surface area contributed by atoms with Gasteiger partial charge in [0.05, 0.1) is 6.54 Å². The third-order valence-corrected chi connectivity index (χ3v) is 3.62. The van der Waals surface area contributed by atoms with Gasteiger partial charge in [-0.15, -0.1) is 11.3 Å². The number of carbonyl (C=O) groups excluding carboxylic acids is 1. The second kappa shape index (κ2) is 5.36. The molecule has 2 heterocycles. The molecule has 2 rings (SSSR count). The molecule has 0 aromatic carbocycles. The van der Waals surface area contributed by atoms with Crippen LogP contribution in [0.3, 0.4) is 0 Å². The first-order valence-corrected chi connectivity index (χ1v) is 6.38. The van der Waals surface area contributed by atoms with Crippen molar-refractivity contribution in [1.29, 1.82) is 0 Å². The normalized spacial score (nSPS) is 14.7. The number of carbonyl (C=O) groups is 1. The highest BCUT2D eigenvalue weighted by Gasteiger charge is 2.14. The SMILES string of the molecule is O=C(NCc1cc(Br)cs1)C1=COCCO1. The van der Waals surface area contributed by atoms with E-state index in [1.807, 2.05) is 11.4 Å². The number of nitrogens with one attached hydrogen (secondary N) is 1. The Bertz CT molecular complexity index is 416. The van der Waals surface area contributed by atoms with Crippen LogP contribution in [-0.4, -0.2) is 19.1 Å². The van der Waals surface area contributed by atoms with Crippen LogP contribution in [0.1, 0.15) is 4.88 Å². The molecule has 0 atom stereocenters. The summed E-state index contributed by atoms with van der Waals surface area (Å²) in [5.74, 6) is -0.00825. The minimum absolute atomic E-state index is 0.238. The summed E-state index contributed by atoms with van der Waals surface area (Å²) in [6.07, 6.45) is 1.35. The van der Waals surface area contributed by atoms with Gasteiger partial charge in [0.1, 0.15) is 19.5 Å². The van der Waals surface area contributed by atoms with Gasteiger partial charge in [0.25, 0.3) is 5.91 Å². The van der Waals surface area contributed by atoms with E-state index in [2.05, 4.69) is 21.2 Å².